The summed E-state index contributed by atoms with van der Waals surface area (Å²) in [5.74, 6) is 1.09. The Labute approximate surface area is 129 Å². The summed E-state index contributed by atoms with van der Waals surface area (Å²) in [5.41, 5.74) is 6.98. The highest BCUT2D eigenvalue weighted by Gasteiger charge is 2.34. The van der Waals surface area contributed by atoms with Crippen LogP contribution in [0.5, 0.6) is 0 Å². The number of rotatable bonds is 3. The van der Waals surface area contributed by atoms with E-state index in [1.165, 1.54) is 12.5 Å². The van der Waals surface area contributed by atoms with Gasteiger partial charge in [-0.1, -0.05) is 29.8 Å². The van der Waals surface area contributed by atoms with E-state index in [9.17, 15) is 4.39 Å². The second kappa shape index (κ2) is 6.54. The average molecular weight is 343 g/mol. The van der Waals surface area contributed by atoms with Crippen LogP contribution in [-0.2, 0) is 0 Å². The van der Waals surface area contributed by atoms with Gasteiger partial charge in [-0.25, -0.2) is 4.39 Å². The van der Waals surface area contributed by atoms with Gasteiger partial charge in [0.05, 0.1) is 0 Å². The quantitative estimate of drug-likeness (QED) is 0.900. The number of nitrogens with two attached hydrogens (primary N) is 1. The molecule has 0 radical (unpaired) electrons. The van der Waals surface area contributed by atoms with Crippen molar-refractivity contribution in [2.45, 2.75) is 39.3 Å². The van der Waals surface area contributed by atoms with Gasteiger partial charge in [-0.15, -0.1) is 0 Å². The highest BCUT2D eigenvalue weighted by Crippen LogP contribution is 2.36. The molecule has 2 N–H and O–H groups in total. The van der Waals surface area contributed by atoms with E-state index in [1.807, 2.05) is 0 Å². The minimum Gasteiger partial charge on any atom is -0.329 e. The van der Waals surface area contributed by atoms with Crippen molar-refractivity contribution in [3.05, 3.63) is 34.1 Å². The van der Waals surface area contributed by atoms with Gasteiger partial charge in [-0.05, 0) is 48.9 Å². The number of hydrogen-bond acceptors (Lipinski definition) is 2. The lowest BCUT2D eigenvalue weighted by atomic mass is 9.84. The highest BCUT2D eigenvalue weighted by molar-refractivity contribution is 9.10. The molecule has 1 aromatic rings. The van der Waals surface area contributed by atoms with Gasteiger partial charge in [0.2, 0.25) is 0 Å². The summed E-state index contributed by atoms with van der Waals surface area (Å²) in [6.45, 7) is 8.36. The molecule has 0 aliphatic carbocycles. The molecule has 0 amide bonds. The summed E-state index contributed by atoms with van der Waals surface area (Å²) in [4.78, 5) is 2.44. The van der Waals surface area contributed by atoms with Crippen molar-refractivity contribution in [2.75, 3.05) is 13.1 Å². The Balaban J connectivity index is 2.33. The Hall–Kier alpha value is -0.450. The molecule has 1 saturated heterocycles. The maximum atomic E-state index is 13.6. The number of benzene rings is 1. The normalized spacial score (nSPS) is 29.4. The number of piperidine rings is 1. The smallest absolute Gasteiger partial charge is 0.123 e. The monoisotopic (exact) mass is 342 g/mol. The van der Waals surface area contributed by atoms with Gasteiger partial charge in [-0.2, -0.15) is 0 Å². The lowest BCUT2D eigenvalue weighted by molar-refractivity contribution is 0.0421. The van der Waals surface area contributed by atoms with E-state index in [4.69, 9.17) is 5.73 Å². The molecule has 112 valence electrons. The fraction of sp³-hybridized carbons (Fsp3) is 0.625. The van der Waals surface area contributed by atoms with Crippen LogP contribution < -0.4 is 5.73 Å². The van der Waals surface area contributed by atoms with Gasteiger partial charge in [-0.3, -0.25) is 4.90 Å². The van der Waals surface area contributed by atoms with Crippen molar-refractivity contribution in [2.24, 2.45) is 17.6 Å². The summed E-state index contributed by atoms with van der Waals surface area (Å²) in [7, 11) is 0. The van der Waals surface area contributed by atoms with Crippen LogP contribution in [0.2, 0.25) is 0 Å². The van der Waals surface area contributed by atoms with E-state index >= 15 is 0 Å². The second-order valence-electron chi connectivity index (χ2n) is 6.17. The summed E-state index contributed by atoms with van der Waals surface area (Å²) in [6.07, 6.45) is 1.25. The maximum absolute atomic E-state index is 13.6. The lowest BCUT2D eigenvalue weighted by Crippen LogP contribution is -2.49. The topological polar surface area (TPSA) is 29.3 Å². The summed E-state index contributed by atoms with van der Waals surface area (Å²) in [6, 6.07) is 5.40. The van der Waals surface area contributed by atoms with Crippen molar-refractivity contribution in [3.63, 3.8) is 0 Å². The first-order valence-corrected chi connectivity index (χ1v) is 8.14. The zero-order valence-electron chi connectivity index (χ0n) is 12.4. The third kappa shape index (κ3) is 3.23. The fourth-order valence-corrected chi connectivity index (χ4v) is 3.89. The minimum absolute atomic E-state index is 0.0697. The Bertz CT molecular complexity index is 466. The average Bonchev–Trinajstić information content (AvgIpc) is 2.40. The van der Waals surface area contributed by atoms with Gasteiger partial charge < -0.3 is 5.73 Å². The molecule has 0 saturated carbocycles. The van der Waals surface area contributed by atoms with Crippen LogP contribution in [0.15, 0.2) is 22.7 Å². The molecule has 1 aliphatic heterocycles. The molecule has 20 heavy (non-hydrogen) atoms. The molecule has 2 nitrogen and oxygen atoms in total. The van der Waals surface area contributed by atoms with E-state index in [2.05, 4.69) is 41.6 Å². The van der Waals surface area contributed by atoms with Crippen LogP contribution in [0.3, 0.4) is 0 Å². The predicted molar refractivity (Wildman–Crippen MR) is 85.0 cm³/mol. The zero-order valence-corrected chi connectivity index (χ0v) is 14.0. The second-order valence-corrected chi connectivity index (χ2v) is 7.03. The molecule has 1 fully saturated rings. The van der Waals surface area contributed by atoms with E-state index in [0.29, 0.717) is 24.4 Å². The first-order valence-electron chi connectivity index (χ1n) is 7.34. The molecular formula is C16H24BrFN2. The highest BCUT2D eigenvalue weighted by atomic mass is 79.9. The lowest BCUT2D eigenvalue weighted by Gasteiger charge is -2.45. The Morgan fingerprint density at radius 2 is 2.10 bits per heavy atom. The molecule has 2 rings (SSSR count). The van der Waals surface area contributed by atoms with Crippen LogP contribution in [-0.4, -0.2) is 24.0 Å². The van der Waals surface area contributed by atoms with E-state index in [-0.39, 0.29) is 11.9 Å². The Morgan fingerprint density at radius 1 is 1.40 bits per heavy atom. The molecule has 0 aromatic heterocycles. The Kier molecular flexibility index (Phi) is 5.21. The summed E-state index contributed by atoms with van der Waals surface area (Å²) < 4.78 is 14.5. The third-order valence-corrected chi connectivity index (χ3v) is 5.31. The van der Waals surface area contributed by atoms with Crippen LogP contribution >= 0.6 is 15.9 Å². The molecule has 1 heterocycles. The summed E-state index contributed by atoms with van der Waals surface area (Å²) in [5, 5.41) is 0. The number of hydrogen-bond donors (Lipinski definition) is 1. The number of likely N-dealkylation sites (tertiary alicyclic amines) is 1. The van der Waals surface area contributed by atoms with E-state index in [1.54, 1.807) is 12.1 Å². The molecular weight excluding hydrogens is 319 g/mol. The maximum Gasteiger partial charge on any atom is 0.123 e. The van der Waals surface area contributed by atoms with Gasteiger partial charge in [0.1, 0.15) is 5.82 Å². The largest absolute Gasteiger partial charge is 0.329 e. The van der Waals surface area contributed by atoms with Crippen molar-refractivity contribution in [1.29, 1.82) is 0 Å². The van der Waals surface area contributed by atoms with E-state index < -0.39 is 0 Å². The predicted octanol–water partition coefficient (Wildman–Crippen LogP) is 3.95. The molecule has 4 atom stereocenters. The van der Waals surface area contributed by atoms with Crippen molar-refractivity contribution >= 4 is 15.9 Å². The first-order chi connectivity index (χ1) is 9.43. The van der Waals surface area contributed by atoms with Gasteiger partial charge in [0, 0.05) is 29.6 Å². The SMILES string of the molecule is CC1CC(C)C(C)N(C(CN)c2cc(F)ccc2Br)C1. The first kappa shape index (κ1) is 15.9. The molecule has 4 heteroatoms. The Morgan fingerprint density at radius 3 is 2.75 bits per heavy atom. The van der Waals surface area contributed by atoms with Gasteiger partial charge in [0.25, 0.3) is 0 Å². The molecule has 1 aromatic carbocycles. The van der Waals surface area contributed by atoms with E-state index in [0.717, 1.165) is 16.6 Å². The van der Waals surface area contributed by atoms with Crippen molar-refractivity contribution < 1.29 is 4.39 Å². The minimum atomic E-state index is -0.201. The van der Waals surface area contributed by atoms with Crippen LogP contribution in [0.25, 0.3) is 0 Å². The summed E-state index contributed by atoms with van der Waals surface area (Å²) >= 11 is 3.54. The number of nitrogens with zero attached hydrogens (tertiary/aromatic N) is 1. The third-order valence-electron chi connectivity index (χ3n) is 4.58. The van der Waals surface area contributed by atoms with Crippen molar-refractivity contribution in [3.8, 4) is 0 Å². The number of halogens is 2. The van der Waals surface area contributed by atoms with Gasteiger partial charge >= 0.3 is 0 Å². The van der Waals surface area contributed by atoms with Crippen LogP contribution in [0.4, 0.5) is 4.39 Å². The fourth-order valence-electron chi connectivity index (χ4n) is 3.38. The zero-order chi connectivity index (χ0) is 14.9. The molecule has 1 aliphatic rings. The molecule has 4 unspecified atom stereocenters. The van der Waals surface area contributed by atoms with Crippen molar-refractivity contribution in [1.82, 2.24) is 4.90 Å². The molecule has 0 bridgehead atoms. The molecule has 0 spiro atoms. The van der Waals surface area contributed by atoms with Crippen LogP contribution in [0.1, 0.15) is 38.8 Å². The van der Waals surface area contributed by atoms with Crippen LogP contribution in [0, 0.1) is 17.7 Å². The van der Waals surface area contributed by atoms with Gasteiger partial charge in [0.15, 0.2) is 0 Å². The standard InChI is InChI=1S/C16H24BrFN2/c1-10-6-11(2)12(3)20(9-10)16(8-19)14-7-13(18)4-5-15(14)17/h4-5,7,10-12,16H,6,8-9,19H2,1-3H3.